The molecule has 2 heterocycles. The molecule has 0 saturated carbocycles. The molecule has 2 aliphatic heterocycles. The normalized spacial score (nSPS) is 19.3. The summed E-state index contributed by atoms with van der Waals surface area (Å²) in [6.07, 6.45) is -4.79. The number of ether oxygens (including phenoxy) is 2. The van der Waals surface area contributed by atoms with Gasteiger partial charge in [0.15, 0.2) is 5.75 Å². The van der Waals surface area contributed by atoms with Gasteiger partial charge in [-0.15, -0.1) is 0 Å². The highest BCUT2D eigenvalue weighted by atomic mass is 35.5. The van der Waals surface area contributed by atoms with Crippen LogP contribution in [0.15, 0.2) is 36.4 Å². The summed E-state index contributed by atoms with van der Waals surface area (Å²) in [6.45, 7) is 5.70. The Hall–Kier alpha value is -3.14. The first-order valence-electron chi connectivity index (χ1n) is 11.1. The summed E-state index contributed by atoms with van der Waals surface area (Å²) < 4.78 is 50.6. The molecule has 2 amide bonds. The third kappa shape index (κ3) is 5.42. The zero-order chi connectivity index (χ0) is 25.5. The summed E-state index contributed by atoms with van der Waals surface area (Å²) in [5, 5.41) is 4.97. The highest BCUT2D eigenvalue weighted by Crippen LogP contribution is 2.49. The van der Waals surface area contributed by atoms with Gasteiger partial charge in [0.25, 0.3) is 0 Å². The second-order valence-corrected chi connectivity index (χ2v) is 9.83. The predicted molar refractivity (Wildman–Crippen MR) is 125 cm³/mol. The molecular weight excluding hydrogens is 487 g/mol. The van der Waals surface area contributed by atoms with Gasteiger partial charge in [0.1, 0.15) is 11.4 Å². The molecular formula is C24H25ClF3N3O4. The van der Waals surface area contributed by atoms with Crippen molar-refractivity contribution in [1.82, 2.24) is 5.32 Å². The second kappa shape index (κ2) is 9.14. The number of alkyl halides is 3. The molecule has 188 valence electrons. The van der Waals surface area contributed by atoms with Crippen LogP contribution in [-0.4, -0.2) is 36.4 Å². The van der Waals surface area contributed by atoms with Crippen molar-refractivity contribution in [3.05, 3.63) is 47.0 Å². The van der Waals surface area contributed by atoms with Crippen LogP contribution in [0.1, 0.15) is 45.2 Å². The minimum atomic E-state index is -4.99. The zero-order valence-corrected chi connectivity index (χ0v) is 20.1. The number of hydrogen-bond acceptors (Lipinski definition) is 5. The number of amides is 2. The molecule has 2 N–H and O–H groups in total. The van der Waals surface area contributed by atoms with E-state index in [1.54, 1.807) is 57.2 Å². The SMILES string of the molecule is CC(C)(C)OC(=O)Nc1cc2c(cc1Cl)N1CCC[C@@H](NC(=O)C(F)(F)F)[C@@H]1c1ccccc1O2. The molecule has 2 aliphatic rings. The van der Waals surface area contributed by atoms with Crippen LogP contribution in [0.25, 0.3) is 0 Å². The number of benzene rings is 2. The van der Waals surface area contributed by atoms with E-state index in [1.165, 1.54) is 0 Å². The molecule has 35 heavy (non-hydrogen) atoms. The van der Waals surface area contributed by atoms with Crippen molar-refractivity contribution in [1.29, 1.82) is 0 Å². The molecule has 0 unspecified atom stereocenters. The summed E-state index contributed by atoms with van der Waals surface area (Å²) in [5.41, 5.74) is 0.717. The highest BCUT2D eigenvalue weighted by molar-refractivity contribution is 6.34. The fourth-order valence-corrected chi connectivity index (χ4v) is 4.55. The Morgan fingerprint density at radius 2 is 1.86 bits per heavy atom. The van der Waals surface area contributed by atoms with Crippen molar-refractivity contribution in [3.8, 4) is 11.5 Å². The van der Waals surface area contributed by atoms with Crippen LogP contribution in [0.2, 0.25) is 5.02 Å². The lowest BCUT2D eigenvalue weighted by molar-refractivity contribution is -0.174. The van der Waals surface area contributed by atoms with Crippen LogP contribution in [0.4, 0.5) is 29.3 Å². The average molecular weight is 512 g/mol. The van der Waals surface area contributed by atoms with E-state index in [1.807, 2.05) is 4.90 Å². The molecule has 0 bridgehead atoms. The number of para-hydroxylation sites is 1. The fraction of sp³-hybridized carbons (Fsp3) is 0.417. The number of hydrogen-bond donors (Lipinski definition) is 2. The Labute approximate surface area is 205 Å². The van der Waals surface area contributed by atoms with E-state index < -0.39 is 35.9 Å². The van der Waals surface area contributed by atoms with Gasteiger partial charge >= 0.3 is 18.2 Å². The van der Waals surface area contributed by atoms with E-state index in [2.05, 4.69) is 10.6 Å². The van der Waals surface area contributed by atoms with E-state index in [4.69, 9.17) is 21.1 Å². The number of nitrogens with one attached hydrogen (secondary N) is 2. The molecule has 0 radical (unpaired) electrons. The predicted octanol–water partition coefficient (Wildman–Crippen LogP) is 6.18. The quantitative estimate of drug-likeness (QED) is 0.503. The number of carbonyl (C=O) groups excluding carboxylic acids is 2. The Morgan fingerprint density at radius 1 is 1.14 bits per heavy atom. The maximum absolute atomic E-state index is 13.0. The van der Waals surface area contributed by atoms with E-state index >= 15 is 0 Å². The van der Waals surface area contributed by atoms with E-state index in [9.17, 15) is 22.8 Å². The third-order valence-corrected chi connectivity index (χ3v) is 5.97. The minimum Gasteiger partial charge on any atom is -0.455 e. The summed E-state index contributed by atoms with van der Waals surface area (Å²) >= 11 is 6.48. The number of fused-ring (bicyclic) bond motifs is 5. The first-order valence-corrected chi connectivity index (χ1v) is 11.5. The maximum atomic E-state index is 13.0. The molecule has 0 spiro atoms. The molecule has 0 aromatic heterocycles. The van der Waals surface area contributed by atoms with Crippen LogP contribution in [0, 0.1) is 0 Å². The Kier molecular flexibility index (Phi) is 6.52. The van der Waals surface area contributed by atoms with Crippen LogP contribution in [0.3, 0.4) is 0 Å². The lowest BCUT2D eigenvalue weighted by atomic mass is 9.89. The summed E-state index contributed by atoms with van der Waals surface area (Å²) in [5.74, 6) is -1.19. The third-order valence-electron chi connectivity index (χ3n) is 5.66. The van der Waals surface area contributed by atoms with Gasteiger partial charge < -0.3 is 19.7 Å². The van der Waals surface area contributed by atoms with Gasteiger partial charge in [0.2, 0.25) is 0 Å². The van der Waals surface area contributed by atoms with Crippen molar-refractivity contribution in [2.75, 3.05) is 16.8 Å². The molecule has 1 saturated heterocycles. The van der Waals surface area contributed by atoms with Gasteiger partial charge in [-0.3, -0.25) is 10.1 Å². The van der Waals surface area contributed by atoms with Crippen LogP contribution < -0.4 is 20.3 Å². The number of anilines is 2. The van der Waals surface area contributed by atoms with Crippen molar-refractivity contribution in [2.24, 2.45) is 0 Å². The smallest absolute Gasteiger partial charge is 0.455 e. The largest absolute Gasteiger partial charge is 0.471 e. The lowest BCUT2D eigenvalue weighted by Crippen LogP contribution is -2.52. The van der Waals surface area contributed by atoms with E-state index in [0.717, 1.165) is 0 Å². The monoisotopic (exact) mass is 511 g/mol. The first-order chi connectivity index (χ1) is 16.3. The molecule has 4 rings (SSSR count). The van der Waals surface area contributed by atoms with Crippen molar-refractivity contribution < 1.29 is 32.2 Å². The zero-order valence-electron chi connectivity index (χ0n) is 19.3. The molecule has 7 nitrogen and oxygen atoms in total. The molecule has 0 aliphatic carbocycles. The van der Waals surface area contributed by atoms with Gasteiger partial charge in [-0.05, 0) is 45.7 Å². The molecule has 2 aromatic rings. The Morgan fingerprint density at radius 3 is 2.54 bits per heavy atom. The topological polar surface area (TPSA) is 79.9 Å². The lowest BCUT2D eigenvalue weighted by Gasteiger charge is -2.42. The van der Waals surface area contributed by atoms with Gasteiger partial charge in [-0.2, -0.15) is 13.2 Å². The Balaban J connectivity index is 1.74. The van der Waals surface area contributed by atoms with Gasteiger partial charge in [-0.25, -0.2) is 4.79 Å². The molecule has 2 atom stereocenters. The maximum Gasteiger partial charge on any atom is 0.471 e. The average Bonchev–Trinajstić information content (AvgIpc) is 2.87. The Bertz CT molecular complexity index is 1150. The number of rotatable bonds is 2. The van der Waals surface area contributed by atoms with Crippen molar-refractivity contribution in [3.63, 3.8) is 0 Å². The van der Waals surface area contributed by atoms with Crippen molar-refractivity contribution in [2.45, 2.75) is 57.5 Å². The number of nitrogens with zero attached hydrogens (tertiary/aromatic N) is 1. The number of carbonyl (C=O) groups is 2. The summed E-state index contributed by atoms with van der Waals surface area (Å²) in [4.78, 5) is 26.0. The first kappa shape index (κ1) is 25.0. The number of piperidine rings is 1. The van der Waals surface area contributed by atoms with Crippen LogP contribution in [-0.2, 0) is 9.53 Å². The van der Waals surface area contributed by atoms with Gasteiger partial charge in [-0.1, -0.05) is 29.8 Å². The minimum absolute atomic E-state index is 0.198. The van der Waals surface area contributed by atoms with Gasteiger partial charge in [0.05, 0.1) is 28.5 Å². The summed E-state index contributed by atoms with van der Waals surface area (Å²) in [6, 6.07) is 8.69. The van der Waals surface area contributed by atoms with Crippen LogP contribution >= 0.6 is 11.6 Å². The molecule has 2 aromatic carbocycles. The van der Waals surface area contributed by atoms with Crippen LogP contribution in [0.5, 0.6) is 11.5 Å². The fourth-order valence-electron chi connectivity index (χ4n) is 4.35. The molecule has 11 heteroatoms. The van der Waals surface area contributed by atoms with Crippen molar-refractivity contribution >= 4 is 35.0 Å². The standard InChI is InChI=1S/C24H25ClF3N3O4/c1-23(2,3)35-22(33)30-16-12-19-17(11-14(16)25)31-10-6-8-15(29-21(32)24(26,27)28)20(31)13-7-4-5-9-18(13)34-19/h4-5,7,9,11-12,15,20H,6,8,10H2,1-3H3,(H,29,32)(H,30,33)/t15-,20+/m1/s1. The summed E-state index contributed by atoms with van der Waals surface area (Å²) in [7, 11) is 0. The van der Waals surface area contributed by atoms with E-state index in [-0.39, 0.29) is 10.7 Å². The number of halogens is 4. The molecule has 1 fully saturated rings. The highest BCUT2D eigenvalue weighted by Gasteiger charge is 2.44. The van der Waals surface area contributed by atoms with Gasteiger partial charge in [0, 0.05) is 18.2 Å². The second-order valence-electron chi connectivity index (χ2n) is 9.42. The van der Waals surface area contributed by atoms with E-state index in [0.29, 0.717) is 42.1 Å².